The quantitative estimate of drug-likeness (QED) is 0.475. The van der Waals surface area contributed by atoms with Crippen LogP contribution in [0, 0.1) is 11.8 Å². The Morgan fingerprint density at radius 3 is 2.55 bits per heavy atom. The van der Waals surface area contributed by atoms with Gasteiger partial charge in [0.15, 0.2) is 0 Å². The van der Waals surface area contributed by atoms with Gasteiger partial charge in [0.05, 0.1) is 0 Å². The van der Waals surface area contributed by atoms with Crippen molar-refractivity contribution in [2.45, 2.75) is 25.0 Å². The van der Waals surface area contributed by atoms with Crippen LogP contribution in [0.5, 0.6) is 0 Å². The van der Waals surface area contributed by atoms with E-state index < -0.39 is 0 Å². The van der Waals surface area contributed by atoms with Gasteiger partial charge in [-0.25, -0.2) is 0 Å². The van der Waals surface area contributed by atoms with E-state index in [1.165, 1.54) is 12.8 Å². The van der Waals surface area contributed by atoms with Crippen LogP contribution in [-0.4, -0.2) is 5.25 Å². The summed E-state index contributed by atoms with van der Waals surface area (Å²) >= 11 is 4.53. The molecule has 0 aromatic carbocycles. The fourth-order valence-corrected chi connectivity index (χ4v) is 2.56. The van der Waals surface area contributed by atoms with Crippen LogP contribution in [0.25, 0.3) is 0 Å². The Kier molecular flexibility index (Phi) is 2.83. The van der Waals surface area contributed by atoms with Crippen molar-refractivity contribution >= 4 is 12.6 Å². The predicted molar refractivity (Wildman–Crippen MR) is 54.0 cm³/mol. The first kappa shape index (κ1) is 8.92. The van der Waals surface area contributed by atoms with Crippen LogP contribution in [-0.2, 0) is 0 Å². The Balaban J connectivity index is 2.67. The summed E-state index contributed by atoms with van der Waals surface area (Å²) in [4.78, 5) is 0. The van der Waals surface area contributed by atoms with Crippen molar-refractivity contribution in [2.75, 3.05) is 0 Å². The monoisotopic (exact) mass is 168 g/mol. The second-order valence-electron chi connectivity index (χ2n) is 3.43. The van der Waals surface area contributed by atoms with Crippen molar-refractivity contribution in [1.29, 1.82) is 0 Å². The van der Waals surface area contributed by atoms with Crippen LogP contribution in [0.2, 0.25) is 0 Å². The lowest BCUT2D eigenvalue weighted by atomic mass is 9.91. The highest BCUT2D eigenvalue weighted by molar-refractivity contribution is 7.81. The maximum Gasteiger partial charge on any atom is 0.00879 e. The molecule has 3 atom stereocenters. The molecule has 0 bridgehead atoms. The van der Waals surface area contributed by atoms with Crippen molar-refractivity contribution in [3.05, 3.63) is 24.8 Å². The summed E-state index contributed by atoms with van der Waals surface area (Å²) in [6.07, 6.45) is 4.38. The molecule has 0 aromatic heterocycles. The second kappa shape index (κ2) is 3.48. The molecule has 0 aliphatic heterocycles. The van der Waals surface area contributed by atoms with Crippen LogP contribution in [0.15, 0.2) is 24.8 Å². The van der Waals surface area contributed by atoms with Gasteiger partial charge >= 0.3 is 0 Å². The van der Waals surface area contributed by atoms with E-state index in [9.17, 15) is 0 Å². The number of thiol groups is 1. The van der Waals surface area contributed by atoms with Gasteiger partial charge in [-0.15, -0.1) is 0 Å². The van der Waals surface area contributed by atoms with Crippen molar-refractivity contribution in [3.8, 4) is 0 Å². The van der Waals surface area contributed by atoms with Gasteiger partial charge in [-0.1, -0.05) is 31.7 Å². The topological polar surface area (TPSA) is 0 Å². The van der Waals surface area contributed by atoms with Crippen LogP contribution in [0.3, 0.4) is 0 Å². The van der Waals surface area contributed by atoms with Gasteiger partial charge < -0.3 is 0 Å². The van der Waals surface area contributed by atoms with Crippen LogP contribution < -0.4 is 0 Å². The SMILES string of the molecule is C=CC(=C)C1C(C)CCC1S. The predicted octanol–water partition coefficient (Wildman–Crippen LogP) is 3.07. The molecule has 1 aliphatic rings. The van der Waals surface area contributed by atoms with E-state index in [1.54, 1.807) is 0 Å². The zero-order valence-corrected chi connectivity index (χ0v) is 7.98. The minimum atomic E-state index is 0.510. The van der Waals surface area contributed by atoms with Crippen LogP contribution in [0.4, 0.5) is 0 Å². The Bertz CT molecular complexity index is 162. The summed E-state index contributed by atoms with van der Waals surface area (Å²) in [7, 11) is 0. The maximum absolute atomic E-state index is 4.53. The first-order valence-electron chi connectivity index (χ1n) is 4.16. The smallest absolute Gasteiger partial charge is 0.00879 e. The third-order valence-corrected chi connectivity index (χ3v) is 3.22. The molecule has 0 amide bonds. The number of rotatable bonds is 2. The van der Waals surface area contributed by atoms with E-state index in [1.807, 2.05) is 6.08 Å². The fraction of sp³-hybridized carbons (Fsp3) is 0.600. The standard InChI is InChI=1S/C10H16S/c1-4-7(2)10-8(3)5-6-9(10)11/h4,8-11H,1-2,5-6H2,3H3. The van der Waals surface area contributed by atoms with E-state index >= 15 is 0 Å². The number of hydrogen-bond acceptors (Lipinski definition) is 1. The molecular formula is C10H16S. The largest absolute Gasteiger partial charge is 0.175 e. The van der Waals surface area contributed by atoms with Gasteiger partial charge in [-0.3, -0.25) is 0 Å². The minimum Gasteiger partial charge on any atom is -0.175 e. The minimum absolute atomic E-state index is 0.510. The average Bonchev–Trinajstić information content (AvgIpc) is 2.30. The lowest BCUT2D eigenvalue weighted by Crippen LogP contribution is -2.14. The molecule has 1 aliphatic carbocycles. The molecule has 0 N–H and O–H groups in total. The van der Waals surface area contributed by atoms with Crippen molar-refractivity contribution in [1.82, 2.24) is 0 Å². The van der Waals surface area contributed by atoms with Crippen LogP contribution >= 0.6 is 12.6 Å². The molecule has 1 rings (SSSR count). The highest BCUT2D eigenvalue weighted by Crippen LogP contribution is 2.39. The third-order valence-electron chi connectivity index (χ3n) is 2.64. The molecule has 11 heavy (non-hydrogen) atoms. The first-order valence-corrected chi connectivity index (χ1v) is 4.67. The van der Waals surface area contributed by atoms with Gasteiger partial charge in [0.2, 0.25) is 0 Å². The normalized spacial score (nSPS) is 37.1. The molecule has 1 fully saturated rings. The molecule has 1 heteroatoms. The molecule has 0 saturated heterocycles. The zero-order valence-electron chi connectivity index (χ0n) is 7.09. The summed E-state index contributed by atoms with van der Waals surface area (Å²) in [6.45, 7) is 10.0. The highest BCUT2D eigenvalue weighted by atomic mass is 32.1. The van der Waals surface area contributed by atoms with Gasteiger partial charge in [0, 0.05) is 5.25 Å². The summed E-state index contributed by atoms with van der Waals surface area (Å²) in [5.41, 5.74) is 1.16. The van der Waals surface area contributed by atoms with E-state index in [-0.39, 0.29) is 0 Å². The van der Waals surface area contributed by atoms with E-state index in [4.69, 9.17) is 0 Å². The number of allylic oxidation sites excluding steroid dienone is 2. The van der Waals surface area contributed by atoms with Gasteiger partial charge in [-0.2, -0.15) is 12.6 Å². The molecule has 62 valence electrons. The van der Waals surface area contributed by atoms with Gasteiger partial charge in [-0.05, 0) is 24.7 Å². The second-order valence-corrected chi connectivity index (χ2v) is 4.09. The van der Waals surface area contributed by atoms with Gasteiger partial charge in [0.25, 0.3) is 0 Å². The third kappa shape index (κ3) is 1.70. The lowest BCUT2D eigenvalue weighted by molar-refractivity contribution is 0.495. The molecule has 0 aromatic rings. The maximum atomic E-state index is 4.53. The molecule has 0 radical (unpaired) electrons. The van der Waals surface area contributed by atoms with E-state index in [2.05, 4.69) is 32.7 Å². The molecular weight excluding hydrogens is 152 g/mol. The van der Waals surface area contributed by atoms with Crippen molar-refractivity contribution in [2.24, 2.45) is 11.8 Å². The van der Waals surface area contributed by atoms with Crippen LogP contribution in [0.1, 0.15) is 19.8 Å². The van der Waals surface area contributed by atoms with E-state index in [0.717, 1.165) is 11.5 Å². The fourth-order valence-electron chi connectivity index (χ4n) is 1.92. The highest BCUT2D eigenvalue weighted by Gasteiger charge is 2.31. The summed E-state index contributed by atoms with van der Waals surface area (Å²) in [6, 6.07) is 0. The summed E-state index contributed by atoms with van der Waals surface area (Å²) < 4.78 is 0. The van der Waals surface area contributed by atoms with Crippen molar-refractivity contribution in [3.63, 3.8) is 0 Å². The van der Waals surface area contributed by atoms with Gasteiger partial charge in [0.1, 0.15) is 0 Å². The molecule has 3 unspecified atom stereocenters. The Morgan fingerprint density at radius 2 is 2.18 bits per heavy atom. The molecule has 0 spiro atoms. The Morgan fingerprint density at radius 1 is 1.55 bits per heavy atom. The van der Waals surface area contributed by atoms with E-state index in [0.29, 0.717) is 11.2 Å². The summed E-state index contributed by atoms with van der Waals surface area (Å²) in [5.74, 6) is 1.30. The molecule has 1 saturated carbocycles. The molecule has 0 heterocycles. The van der Waals surface area contributed by atoms with Crippen molar-refractivity contribution < 1.29 is 0 Å². The molecule has 0 nitrogen and oxygen atoms in total. The first-order chi connectivity index (χ1) is 5.16. The average molecular weight is 168 g/mol. The zero-order chi connectivity index (χ0) is 8.43. The lowest BCUT2D eigenvalue weighted by Gasteiger charge is -2.19. The summed E-state index contributed by atoms with van der Waals surface area (Å²) in [5, 5.41) is 0.510. The Hall–Kier alpha value is -0.170. The number of hydrogen-bond donors (Lipinski definition) is 1. The Labute approximate surface area is 74.8 Å².